The lowest BCUT2D eigenvalue weighted by molar-refractivity contribution is -0.777. The molecule has 0 unspecified atom stereocenters. The first-order valence-electron chi connectivity index (χ1n) is 3.90. The highest BCUT2D eigenvalue weighted by atomic mass is 32.2. The Balaban J connectivity index is 3.95. The number of aliphatic hydroxyl groups excluding tert-OH is 1. The fourth-order valence-corrected chi connectivity index (χ4v) is 0.740. The molecule has 17 heavy (non-hydrogen) atoms. The van der Waals surface area contributed by atoms with Crippen molar-refractivity contribution in [2.24, 2.45) is 0 Å². The van der Waals surface area contributed by atoms with Crippen LogP contribution in [0.4, 0.5) is 8.78 Å². The van der Waals surface area contributed by atoms with Crippen molar-refractivity contribution in [3.8, 4) is 0 Å². The third-order valence-electron chi connectivity index (χ3n) is 1.08. The van der Waals surface area contributed by atoms with Crippen LogP contribution in [0.3, 0.4) is 0 Å². The van der Waals surface area contributed by atoms with Crippen molar-refractivity contribution in [1.82, 2.24) is 0 Å². The molecule has 0 radical (unpaired) electrons. The van der Waals surface area contributed by atoms with Gasteiger partial charge in [-0.05, 0) is 0 Å². The van der Waals surface area contributed by atoms with E-state index in [4.69, 9.17) is 5.11 Å². The van der Waals surface area contributed by atoms with Crippen LogP contribution in [0.15, 0.2) is 0 Å². The Kier molecular flexibility index (Phi) is 7.65. The maximum atomic E-state index is 12.7. The Labute approximate surface area is 97.5 Å². The van der Waals surface area contributed by atoms with Crippen LogP contribution in [0, 0.1) is 0 Å². The molecule has 0 bridgehead atoms. The molecule has 0 aliphatic heterocycles. The minimum Gasteiger partial charge on any atom is -0.691 e. The molecule has 0 aromatic rings. The van der Waals surface area contributed by atoms with Crippen LogP contribution in [0.1, 0.15) is 0 Å². The molecule has 100 valence electrons. The number of hydrogen-bond acceptors (Lipinski definition) is 9. The summed E-state index contributed by atoms with van der Waals surface area (Å²) in [5.74, 6) is -3.23. The summed E-state index contributed by atoms with van der Waals surface area (Å²) in [6.07, 6.45) is 0. The van der Waals surface area contributed by atoms with Crippen molar-refractivity contribution in [3.63, 3.8) is 0 Å². The first kappa shape index (κ1) is 16.0. The van der Waals surface area contributed by atoms with Gasteiger partial charge in [0.2, 0.25) is 0 Å². The number of rotatable bonds is 8. The van der Waals surface area contributed by atoms with Gasteiger partial charge in [0, 0.05) is 0 Å². The monoisotopic (exact) mass is 277 g/mol. The number of carbonyl (C=O) groups is 2. The smallest absolute Gasteiger partial charge is 0.415 e. The number of hydrogen-bond donors (Lipinski definition) is 1. The molecule has 0 aromatic heterocycles. The van der Waals surface area contributed by atoms with E-state index in [0.29, 0.717) is 0 Å². The summed E-state index contributed by atoms with van der Waals surface area (Å²) in [7, 11) is 0. The Morgan fingerprint density at radius 1 is 1.35 bits per heavy atom. The molecule has 0 aromatic carbocycles. The lowest BCUT2D eigenvalue weighted by Gasteiger charge is -2.13. The van der Waals surface area contributed by atoms with Crippen LogP contribution in [-0.4, -0.2) is 42.1 Å². The van der Waals surface area contributed by atoms with Gasteiger partial charge in [0.25, 0.3) is 0 Å². The number of alkyl halides is 2. The number of aliphatic hydroxyl groups is 1. The van der Waals surface area contributed by atoms with Gasteiger partial charge in [0.1, 0.15) is 18.6 Å². The molecule has 0 amide bonds. The van der Waals surface area contributed by atoms with Gasteiger partial charge in [-0.1, -0.05) is 0 Å². The first-order chi connectivity index (χ1) is 7.94. The predicted octanol–water partition coefficient (Wildman–Crippen LogP) is -1.47. The standard InChI is InChI=1S/C6H8F2O8S/c7-6(8,17-16-15-12)5(11)14-3-4(10)13-2-1-9/h9,12H,1-3H2/p-1. The molecule has 0 spiro atoms. The summed E-state index contributed by atoms with van der Waals surface area (Å²) in [6, 6.07) is 0. The molecular weight excluding hydrogens is 270 g/mol. The van der Waals surface area contributed by atoms with Gasteiger partial charge in [-0.15, -0.1) is 0 Å². The Bertz CT molecular complexity index is 260. The largest absolute Gasteiger partial charge is 0.691 e. The van der Waals surface area contributed by atoms with Gasteiger partial charge < -0.3 is 19.8 Å². The summed E-state index contributed by atoms with van der Waals surface area (Å²) in [4.78, 5) is 21.3. The molecule has 1 N–H and O–H groups in total. The average molecular weight is 277 g/mol. The van der Waals surface area contributed by atoms with Crippen molar-refractivity contribution in [2.45, 2.75) is 5.25 Å². The summed E-state index contributed by atoms with van der Waals surface area (Å²) in [5.41, 5.74) is 0. The van der Waals surface area contributed by atoms with Crippen LogP contribution < -0.4 is 5.26 Å². The highest BCUT2D eigenvalue weighted by molar-refractivity contribution is 7.96. The van der Waals surface area contributed by atoms with E-state index in [1.165, 1.54) is 0 Å². The Morgan fingerprint density at radius 3 is 2.53 bits per heavy atom. The molecule has 0 heterocycles. The molecule has 0 atom stereocenters. The Morgan fingerprint density at radius 2 is 2.00 bits per heavy atom. The van der Waals surface area contributed by atoms with E-state index in [2.05, 4.69) is 18.8 Å². The molecule has 0 aliphatic carbocycles. The highest BCUT2D eigenvalue weighted by Crippen LogP contribution is 2.30. The second-order valence-electron chi connectivity index (χ2n) is 2.26. The number of esters is 2. The average Bonchev–Trinajstić information content (AvgIpc) is 2.30. The normalized spacial score (nSPS) is 11.1. The van der Waals surface area contributed by atoms with Crippen LogP contribution in [0.5, 0.6) is 0 Å². The van der Waals surface area contributed by atoms with Gasteiger partial charge in [0.15, 0.2) is 6.61 Å². The van der Waals surface area contributed by atoms with Crippen LogP contribution in [0.2, 0.25) is 0 Å². The zero-order chi connectivity index (χ0) is 13.3. The quantitative estimate of drug-likeness (QED) is 0.246. The van der Waals surface area contributed by atoms with Gasteiger partial charge in [0.05, 0.1) is 6.61 Å². The van der Waals surface area contributed by atoms with E-state index in [9.17, 15) is 23.6 Å². The minimum absolute atomic E-state index is 0.353. The molecule has 0 saturated heterocycles. The highest BCUT2D eigenvalue weighted by Gasteiger charge is 2.44. The molecule has 0 fully saturated rings. The van der Waals surface area contributed by atoms with Crippen molar-refractivity contribution in [3.05, 3.63) is 0 Å². The van der Waals surface area contributed by atoms with E-state index < -0.39 is 42.4 Å². The van der Waals surface area contributed by atoms with Gasteiger partial charge in [-0.2, -0.15) is 13.1 Å². The van der Waals surface area contributed by atoms with Crippen LogP contribution >= 0.6 is 12.0 Å². The Hall–Kier alpha value is -1.01. The SMILES string of the molecule is O=C(COC(=O)C(F)(F)SOO[O-])OCCO. The van der Waals surface area contributed by atoms with E-state index >= 15 is 0 Å². The van der Waals surface area contributed by atoms with Crippen molar-refractivity contribution in [2.75, 3.05) is 19.8 Å². The lowest BCUT2D eigenvalue weighted by Crippen LogP contribution is -2.30. The number of ether oxygens (including phenoxy) is 2. The van der Waals surface area contributed by atoms with Crippen molar-refractivity contribution < 1.29 is 47.6 Å². The molecule has 11 heteroatoms. The summed E-state index contributed by atoms with van der Waals surface area (Å²) >= 11 is -0.878. The van der Waals surface area contributed by atoms with Gasteiger partial charge >= 0.3 is 17.2 Å². The van der Waals surface area contributed by atoms with Crippen LogP contribution in [0.25, 0.3) is 0 Å². The van der Waals surface area contributed by atoms with Crippen molar-refractivity contribution in [1.29, 1.82) is 0 Å². The molecule has 0 saturated carbocycles. The lowest BCUT2D eigenvalue weighted by atomic mass is 10.6. The van der Waals surface area contributed by atoms with Crippen LogP contribution in [-0.2, 0) is 28.4 Å². The first-order valence-corrected chi connectivity index (χ1v) is 4.64. The number of halogens is 2. The van der Waals surface area contributed by atoms with E-state index in [1.807, 2.05) is 0 Å². The third kappa shape index (κ3) is 7.01. The maximum Gasteiger partial charge on any atom is 0.415 e. The van der Waals surface area contributed by atoms with E-state index in [1.54, 1.807) is 0 Å². The molecular formula is C6H7F2O8S-. The summed E-state index contributed by atoms with van der Waals surface area (Å²) in [6.45, 7) is -1.87. The second-order valence-corrected chi connectivity index (χ2v) is 3.07. The van der Waals surface area contributed by atoms with E-state index in [-0.39, 0.29) is 6.61 Å². The summed E-state index contributed by atoms with van der Waals surface area (Å²) in [5, 5.41) is 15.9. The molecule has 0 aliphatic rings. The fourth-order valence-electron chi connectivity index (χ4n) is 0.500. The topological polar surface area (TPSA) is 114 Å². The molecule has 8 nitrogen and oxygen atoms in total. The van der Waals surface area contributed by atoms with Gasteiger partial charge in [-0.3, -0.25) is 5.04 Å². The summed E-state index contributed by atoms with van der Waals surface area (Å²) < 4.78 is 36.6. The second kappa shape index (κ2) is 8.14. The number of carbonyl (C=O) groups excluding carboxylic acids is 2. The van der Waals surface area contributed by atoms with Gasteiger partial charge in [-0.25, -0.2) is 9.59 Å². The fraction of sp³-hybridized carbons (Fsp3) is 0.667. The predicted molar refractivity (Wildman–Crippen MR) is 43.7 cm³/mol. The van der Waals surface area contributed by atoms with Crippen molar-refractivity contribution >= 4 is 24.0 Å². The zero-order valence-electron chi connectivity index (χ0n) is 8.09. The van der Waals surface area contributed by atoms with E-state index in [0.717, 1.165) is 0 Å². The zero-order valence-corrected chi connectivity index (χ0v) is 8.91. The minimum atomic E-state index is -4.21. The maximum absolute atomic E-state index is 12.7. The molecule has 0 rings (SSSR count). The third-order valence-corrected chi connectivity index (χ3v) is 1.58.